The van der Waals surface area contributed by atoms with Crippen molar-refractivity contribution in [2.45, 2.75) is 46.1 Å². The Bertz CT molecular complexity index is 1520. The van der Waals surface area contributed by atoms with Crippen molar-refractivity contribution in [2.24, 2.45) is 0 Å². The average molecular weight is 490 g/mol. The number of unbranched alkanes of at least 4 members (excludes halogenated alkanes) is 1. The molecule has 186 valence electrons. The molecule has 0 aliphatic rings. The number of hydrogen-bond donors (Lipinski definition) is 1. The van der Waals surface area contributed by atoms with E-state index in [0.717, 1.165) is 58.3 Å². The fourth-order valence-electron chi connectivity index (χ4n) is 4.83. The predicted octanol–water partition coefficient (Wildman–Crippen LogP) is 5.99. The van der Waals surface area contributed by atoms with E-state index in [2.05, 4.69) is 76.1 Å². The Morgan fingerprint density at radius 3 is 2.30 bits per heavy atom. The van der Waals surface area contributed by atoms with Crippen LogP contribution in [-0.4, -0.2) is 25.2 Å². The highest BCUT2D eigenvalue weighted by Crippen LogP contribution is 2.30. The average Bonchev–Trinajstić information content (AvgIpc) is 3.48. The monoisotopic (exact) mass is 489 g/mol. The third-order valence-electron chi connectivity index (χ3n) is 6.84. The van der Waals surface area contributed by atoms with E-state index in [1.54, 1.807) is 0 Å². The number of aryl methyl sites for hydroxylation is 2. The highest BCUT2D eigenvalue weighted by molar-refractivity contribution is 5.80. The second-order valence-electron chi connectivity index (χ2n) is 9.42. The molecule has 0 saturated heterocycles. The number of rotatable bonds is 9. The van der Waals surface area contributed by atoms with Crippen molar-refractivity contribution in [3.63, 3.8) is 0 Å². The highest BCUT2D eigenvalue weighted by Gasteiger charge is 2.15. The van der Waals surface area contributed by atoms with E-state index in [9.17, 15) is 4.79 Å². The summed E-state index contributed by atoms with van der Waals surface area (Å²) >= 11 is 0. The first kappa shape index (κ1) is 24.4. The van der Waals surface area contributed by atoms with Crippen molar-refractivity contribution in [1.29, 1.82) is 0 Å². The molecule has 0 amide bonds. The van der Waals surface area contributed by atoms with Crippen LogP contribution in [0.15, 0.2) is 89.7 Å². The van der Waals surface area contributed by atoms with E-state index in [-0.39, 0.29) is 5.56 Å². The Hall–Kier alpha value is -4.32. The zero-order valence-electron chi connectivity index (χ0n) is 21.3. The van der Waals surface area contributed by atoms with Crippen molar-refractivity contribution in [3.05, 3.63) is 123 Å². The number of nitrogens with one attached hydrogen (secondary N) is 1. The summed E-state index contributed by atoms with van der Waals surface area (Å²) in [5.41, 5.74) is 8.47. The standard InChI is InChI=1S/C31H31N5O/c1-3-4-12-26-19-22(2)36(21-24-10-6-5-7-11-24)31(37)29(26)20-23-15-17-25(18-16-23)27-13-8-9-14-28(27)30-32-34-35-33-30/h5-11,13-19H,3-4,12,20-21H2,1-2H3,(H,32,33,34,35). The summed E-state index contributed by atoms with van der Waals surface area (Å²) in [7, 11) is 0. The van der Waals surface area contributed by atoms with Gasteiger partial charge in [0.05, 0.1) is 6.54 Å². The molecule has 0 bridgehead atoms. The summed E-state index contributed by atoms with van der Waals surface area (Å²) in [6.45, 7) is 4.81. The van der Waals surface area contributed by atoms with Crippen molar-refractivity contribution in [1.82, 2.24) is 25.2 Å². The number of aromatic nitrogens is 5. The number of pyridine rings is 1. The van der Waals surface area contributed by atoms with Crippen molar-refractivity contribution >= 4 is 0 Å². The highest BCUT2D eigenvalue weighted by atomic mass is 16.1. The van der Waals surface area contributed by atoms with Crippen LogP contribution in [0.4, 0.5) is 0 Å². The van der Waals surface area contributed by atoms with E-state index in [4.69, 9.17) is 0 Å². The van der Waals surface area contributed by atoms with Gasteiger partial charge in [0.15, 0.2) is 0 Å². The molecule has 3 aromatic carbocycles. The van der Waals surface area contributed by atoms with Gasteiger partial charge in [-0.15, -0.1) is 10.2 Å². The molecule has 0 atom stereocenters. The number of hydrogen-bond acceptors (Lipinski definition) is 4. The van der Waals surface area contributed by atoms with Gasteiger partial charge in [-0.2, -0.15) is 5.21 Å². The van der Waals surface area contributed by atoms with Gasteiger partial charge in [0.1, 0.15) is 0 Å². The molecule has 2 aromatic heterocycles. The quantitative estimate of drug-likeness (QED) is 0.276. The van der Waals surface area contributed by atoms with Gasteiger partial charge >= 0.3 is 0 Å². The van der Waals surface area contributed by atoms with Gasteiger partial charge in [-0.25, -0.2) is 0 Å². The minimum Gasteiger partial charge on any atom is -0.308 e. The molecule has 6 nitrogen and oxygen atoms in total. The Labute approximate surface area is 217 Å². The molecule has 0 saturated carbocycles. The molecule has 5 aromatic rings. The Morgan fingerprint density at radius 1 is 0.865 bits per heavy atom. The minimum atomic E-state index is 0.112. The maximum atomic E-state index is 13.8. The van der Waals surface area contributed by atoms with Crippen LogP contribution in [-0.2, 0) is 19.4 Å². The summed E-state index contributed by atoms with van der Waals surface area (Å²) in [6, 6.07) is 28.9. The Kier molecular flexibility index (Phi) is 7.36. The van der Waals surface area contributed by atoms with Crippen LogP contribution >= 0.6 is 0 Å². The van der Waals surface area contributed by atoms with E-state index < -0.39 is 0 Å². The van der Waals surface area contributed by atoms with E-state index in [1.165, 1.54) is 5.56 Å². The molecule has 0 aliphatic carbocycles. The Morgan fingerprint density at radius 2 is 1.59 bits per heavy atom. The van der Waals surface area contributed by atoms with Crippen molar-refractivity contribution < 1.29 is 0 Å². The molecule has 0 radical (unpaired) electrons. The minimum absolute atomic E-state index is 0.112. The fraction of sp³-hybridized carbons (Fsp3) is 0.226. The smallest absolute Gasteiger partial charge is 0.254 e. The number of tetrazole rings is 1. The maximum Gasteiger partial charge on any atom is 0.254 e. The number of aromatic amines is 1. The zero-order chi connectivity index (χ0) is 25.6. The van der Waals surface area contributed by atoms with Crippen molar-refractivity contribution in [2.75, 3.05) is 0 Å². The second-order valence-corrected chi connectivity index (χ2v) is 9.42. The molecule has 0 spiro atoms. The van der Waals surface area contributed by atoms with Gasteiger partial charge in [0.25, 0.3) is 5.56 Å². The van der Waals surface area contributed by atoms with Gasteiger partial charge in [-0.1, -0.05) is 92.2 Å². The summed E-state index contributed by atoms with van der Waals surface area (Å²) in [5.74, 6) is 0.568. The van der Waals surface area contributed by atoms with Gasteiger partial charge < -0.3 is 4.57 Å². The lowest BCUT2D eigenvalue weighted by Gasteiger charge is -2.17. The summed E-state index contributed by atoms with van der Waals surface area (Å²) in [4.78, 5) is 13.8. The molecular formula is C31H31N5O. The molecule has 2 heterocycles. The summed E-state index contributed by atoms with van der Waals surface area (Å²) in [5, 5.41) is 14.5. The lowest BCUT2D eigenvalue weighted by atomic mass is 9.94. The molecule has 1 N–H and O–H groups in total. The second kappa shape index (κ2) is 11.2. The molecule has 6 heteroatoms. The zero-order valence-corrected chi connectivity index (χ0v) is 21.3. The molecule has 0 aliphatic heterocycles. The first-order chi connectivity index (χ1) is 18.1. The first-order valence-corrected chi connectivity index (χ1v) is 12.8. The van der Waals surface area contributed by atoms with Crippen LogP contribution in [0, 0.1) is 6.92 Å². The lowest BCUT2D eigenvalue weighted by Crippen LogP contribution is -2.28. The van der Waals surface area contributed by atoms with Crippen LogP contribution in [0.2, 0.25) is 0 Å². The topological polar surface area (TPSA) is 76.5 Å². The van der Waals surface area contributed by atoms with Gasteiger partial charge in [0.2, 0.25) is 5.82 Å². The SMILES string of the molecule is CCCCc1cc(C)n(Cc2ccccc2)c(=O)c1Cc1ccc(-c2ccccc2-c2nn[nH]n2)cc1. The van der Waals surface area contributed by atoms with E-state index in [0.29, 0.717) is 18.8 Å². The number of nitrogens with zero attached hydrogens (tertiary/aromatic N) is 4. The largest absolute Gasteiger partial charge is 0.308 e. The number of benzene rings is 3. The van der Waals surface area contributed by atoms with Gasteiger partial charge in [0, 0.05) is 23.2 Å². The van der Waals surface area contributed by atoms with Crippen LogP contribution in [0.1, 0.15) is 47.7 Å². The van der Waals surface area contributed by atoms with Crippen LogP contribution in [0.5, 0.6) is 0 Å². The summed E-state index contributed by atoms with van der Waals surface area (Å²) in [6.07, 6.45) is 3.70. The third-order valence-corrected chi connectivity index (χ3v) is 6.84. The van der Waals surface area contributed by atoms with E-state index in [1.807, 2.05) is 47.9 Å². The molecule has 37 heavy (non-hydrogen) atoms. The normalized spacial score (nSPS) is 11.1. The maximum absolute atomic E-state index is 13.8. The predicted molar refractivity (Wildman–Crippen MR) is 147 cm³/mol. The van der Waals surface area contributed by atoms with Crippen molar-refractivity contribution in [3.8, 4) is 22.5 Å². The number of H-pyrrole nitrogens is 1. The van der Waals surface area contributed by atoms with Crippen LogP contribution in [0.25, 0.3) is 22.5 Å². The fourth-order valence-corrected chi connectivity index (χ4v) is 4.83. The van der Waals surface area contributed by atoms with E-state index >= 15 is 0 Å². The molecule has 5 rings (SSSR count). The van der Waals surface area contributed by atoms with Crippen LogP contribution in [0.3, 0.4) is 0 Å². The van der Waals surface area contributed by atoms with Gasteiger partial charge in [-0.05, 0) is 58.9 Å². The molecular weight excluding hydrogens is 458 g/mol. The third kappa shape index (κ3) is 5.43. The first-order valence-electron chi connectivity index (χ1n) is 12.8. The van der Waals surface area contributed by atoms with Crippen LogP contribution < -0.4 is 5.56 Å². The van der Waals surface area contributed by atoms with Gasteiger partial charge in [-0.3, -0.25) is 4.79 Å². The Balaban J connectivity index is 1.48. The summed E-state index contributed by atoms with van der Waals surface area (Å²) < 4.78 is 1.91. The molecule has 0 unspecified atom stereocenters. The lowest BCUT2D eigenvalue weighted by molar-refractivity contribution is 0.703. The molecule has 0 fully saturated rings.